The number of fused-ring (bicyclic) bond motifs is 1. The van der Waals surface area contributed by atoms with Crippen LogP contribution in [-0.4, -0.2) is 17.0 Å². The molecule has 126 valence electrons. The quantitative estimate of drug-likeness (QED) is 0.700. The zero-order valence-corrected chi connectivity index (χ0v) is 13.5. The lowest BCUT2D eigenvalue weighted by molar-refractivity contribution is -0.139. The van der Waals surface area contributed by atoms with Gasteiger partial charge in [0.15, 0.2) is 6.04 Å². The first-order chi connectivity index (χ1) is 12.0. The van der Waals surface area contributed by atoms with Gasteiger partial charge >= 0.3 is 11.6 Å². The molecule has 0 spiro atoms. The van der Waals surface area contributed by atoms with Gasteiger partial charge in [-0.1, -0.05) is 41.9 Å². The van der Waals surface area contributed by atoms with Crippen molar-refractivity contribution in [2.45, 2.75) is 6.04 Å². The molecule has 0 saturated carbocycles. The molecule has 25 heavy (non-hydrogen) atoms. The van der Waals surface area contributed by atoms with Crippen molar-refractivity contribution < 1.29 is 19.1 Å². The summed E-state index contributed by atoms with van der Waals surface area (Å²) >= 11 is 5.90. The molecule has 7 heteroatoms. The summed E-state index contributed by atoms with van der Waals surface area (Å²) in [5, 5.41) is 12.6. The number of benzene rings is 2. The van der Waals surface area contributed by atoms with Gasteiger partial charge in [-0.2, -0.15) is 0 Å². The predicted octanol–water partition coefficient (Wildman–Crippen LogP) is 3.00. The second-order valence-corrected chi connectivity index (χ2v) is 5.72. The first kappa shape index (κ1) is 16.7. The van der Waals surface area contributed by atoms with Gasteiger partial charge in [0.25, 0.3) is 5.91 Å². The van der Waals surface area contributed by atoms with E-state index in [-0.39, 0.29) is 11.1 Å². The monoisotopic (exact) mass is 357 g/mol. The standard InChI is InChI=1S/C18H12ClNO5/c19-12-6-7-14-11(8-12)9-13(18(24)25-14)16(21)20-15(17(22)23)10-4-2-1-3-5-10/h1-9,15H,(H,20,21)(H,22,23). The number of carbonyl (C=O) groups excluding carboxylic acids is 1. The SMILES string of the molecule is O=C(NC(C(=O)O)c1ccccc1)c1cc2cc(Cl)ccc2oc1=O. The summed E-state index contributed by atoms with van der Waals surface area (Å²) < 4.78 is 5.09. The molecule has 6 nitrogen and oxygen atoms in total. The van der Waals surface area contributed by atoms with Crippen molar-refractivity contribution in [3.8, 4) is 0 Å². The summed E-state index contributed by atoms with van der Waals surface area (Å²) in [5.41, 5.74) is -0.484. The molecule has 1 heterocycles. The van der Waals surface area contributed by atoms with E-state index in [0.717, 1.165) is 0 Å². The molecule has 1 unspecified atom stereocenters. The highest BCUT2D eigenvalue weighted by Gasteiger charge is 2.24. The number of nitrogens with one attached hydrogen (secondary N) is 1. The zero-order valence-electron chi connectivity index (χ0n) is 12.7. The van der Waals surface area contributed by atoms with Crippen molar-refractivity contribution in [1.29, 1.82) is 0 Å². The molecule has 0 aliphatic rings. The van der Waals surface area contributed by atoms with Crippen molar-refractivity contribution >= 4 is 34.4 Å². The van der Waals surface area contributed by atoms with Crippen LogP contribution in [0.2, 0.25) is 5.02 Å². The van der Waals surface area contributed by atoms with Crippen LogP contribution < -0.4 is 10.9 Å². The van der Waals surface area contributed by atoms with Crippen LogP contribution >= 0.6 is 11.6 Å². The number of carbonyl (C=O) groups is 2. The molecule has 3 aromatic rings. The van der Waals surface area contributed by atoms with Crippen molar-refractivity contribution in [1.82, 2.24) is 5.32 Å². The third-order valence-electron chi connectivity index (χ3n) is 3.59. The molecule has 1 amide bonds. The number of amides is 1. The highest BCUT2D eigenvalue weighted by Crippen LogP contribution is 2.19. The second kappa shape index (κ2) is 6.78. The Morgan fingerprint density at radius 3 is 2.48 bits per heavy atom. The van der Waals surface area contributed by atoms with Gasteiger partial charge in [0.2, 0.25) is 0 Å². The highest BCUT2D eigenvalue weighted by molar-refractivity contribution is 6.31. The Bertz CT molecular complexity index is 1010. The maximum absolute atomic E-state index is 12.4. The van der Waals surface area contributed by atoms with Gasteiger partial charge in [0.1, 0.15) is 11.1 Å². The van der Waals surface area contributed by atoms with E-state index in [2.05, 4.69) is 5.32 Å². The van der Waals surface area contributed by atoms with Gasteiger partial charge in [-0.25, -0.2) is 9.59 Å². The van der Waals surface area contributed by atoms with E-state index in [1.54, 1.807) is 42.5 Å². The lowest BCUT2D eigenvalue weighted by Gasteiger charge is -2.14. The molecule has 0 saturated heterocycles. The van der Waals surface area contributed by atoms with Crippen LogP contribution in [0.4, 0.5) is 0 Å². The van der Waals surface area contributed by atoms with E-state index < -0.39 is 23.5 Å². The molecule has 0 fully saturated rings. The minimum atomic E-state index is -1.29. The summed E-state index contributed by atoms with van der Waals surface area (Å²) in [6, 6.07) is 12.8. The first-order valence-corrected chi connectivity index (χ1v) is 7.65. The summed E-state index contributed by atoms with van der Waals surface area (Å²) in [6.45, 7) is 0. The summed E-state index contributed by atoms with van der Waals surface area (Å²) in [5.74, 6) is -2.08. The lowest BCUT2D eigenvalue weighted by Crippen LogP contribution is -2.36. The molecule has 0 aliphatic carbocycles. The second-order valence-electron chi connectivity index (χ2n) is 5.29. The molecule has 1 aromatic heterocycles. The van der Waals surface area contributed by atoms with E-state index in [0.29, 0.717) is 16.0 Å². The molecule has 0 bridgehead atoms. The molecular weight excluding hydrogens is 346 g/mol. The largest absolute Gasteiger partial charge is 0.479 e. The minimum absolute atomic E-state index is 0.281. The van der Waals surface area contributed by atoms with E-state index >= 15 is 0 Å². The van der Waals surface area contributed by atoms with Gasteiger partial charge in [-0.05, 0) is 29.8 Å². The van der Waals surface area contributed by atoms with Crippen LogP contribution in [0, 0.1) is 0 Å². The van der Waals surface area contributed by atoms with Crippen molar-refractivity contribution in [3.05, 3.63) is 81.2 Å². The van der Waals surface area contributed by atoms with Gasteiger partial charge in [0, 0.05) is 10.4 Å². The van der Waals surface area contributed by atoms with E-state index in [9.17, 15) is 19.5 Å². The van der Waals surface area contributed by atoms with Crippen LogP contribution in [0.5, 0.6) is 0 Å². The number of rotatable bonds is 4. The fourth-order valence-electron chi connectivity index (χ4n) is 2.39. The van der Waals surface area contributed by atoms with Gasteiger partial charge in [-0.15, -0.1) is 0 Å². The Balaban J connectivity index is 1.97. The Morgan fingerprint density at radius 1 is 1.08 bits per heavy atom. The molecule has 2 N–H and O–H groups in total. The van der Waals surface area contributed by atoms with Crippen LogP contribution in [0.1, 0.15) is 22.0 Å². The average molecular weight is 358 g/mol. The lowest BCUT2D eigenvalue weighted by atomic mass is 10.1. The van der Waals surface area contributed by atoms with Crippen LogP contribution in [-0.2, 0) is 4.79 Å². The predicted molar refractivity (Wildman–Crippen MR) is 91.8 cm³/mol. The Kier molecular flexibility index (Phi) is 4.54. The molecule has 0 radical (unpaired) electrons. The Labute approximate surface area is 146 Å². The first-order valence-electron chi connectivity index (χ1n) is 7.28. The van der Waals surface area contributed by atoms with Crippen molar-refractivity contribution in [2.75, 3.05) is 0 Å². The maximum atomic E-state index is 12.4. The van der Waals surface area contributed by atoms with Gasteiger partial charge in [-0.3, -0.25) is 4.79 Å². The molecule has 3 rings (SSSR count). The summed E-state index contributed by atoms with van der Waals surface area (Å²) in [6.07, 6.45) is 0. The van der Waals surface area contributed by atoms with E-state index in [4.69, 9.17) is 16.0 Å². The average Bonchev–Trinajstić information content (AvgIpc) is 2.59. The summed E-state index contributed by atoms with van der Waals surface area (Å²) in [4.78, 5) is 35.9. The number of carboxylic acids is 1. The molecule has 1 atom stereocenters. The number of carboxylic acid groups (broad SMARTS) is 1. The fraction of sp³-hybridized carbons (Fsp3) is 0.0556. The van der Waals surface area contributed by atoms with Crippen LogP contribution in [0.25, 0.3) is 11.0 Å². The number of hydrogen-bond donors (Lipinski definition) is 2. The third-order valence-corrected chi connectivity index (χ3v) is 3.83. The third kappa shape index (κ3) is 3.54. The fourth-order valence-corrected chi connectivity index (χ4v) is 2.58. The zero-order chi connectivity index (χ0) is 18.0. The minimum Gasteiger partial charge on any atom is -0.479 e. The Hall–Kier alpha value is -3.12. The molecule has 2 aromatic carbocycles. The van der Waals surface area contributed by atoms with Crippen LogP contribution in [0.3, 0.4) is 0 Å². The highest BCUT2D eigenvalue weighted by atomic mass is 35.5. The van der Waals surface area contributed by atoms with Crippen LogP contribution in [0.15, 0.2) is 63.8 Å². The Morgan fingerprint density at radius 2 is 1.80 bits per heavy atom. The molecule has 0 aliphatic heterocycles. The van der Waals surface area contributed by atoms with E-state index in [1.165, 1.54) is 12.1 Å². The van der Waals surface area contributed by atoms with Crippen molar-refractivity contribution in [3.63, 3.8) is 0 Å². The maximum Gasteiger partial charge on any atom is 0.349 e. The normalized spacial score (nSPS) is 11.9. The van der Waals surface area contributed by atoms with E-state index in [1.807, 2.05) is 0 Å². The van der Waals surface area contributed by atoms with Gasteiger partial charge < -0.3 is 14.8 Å². The smallest absolute Gasteiger partial charge is 0.349 e. The number of hydrogen-bond acceptors (Lipinski definition) is 4. The topological polar surface area (TPSA) is 96.6 Å². The van der Waals surface area contributed by atoms with Gasteiger partial charge in [0.05, 0.1) is 0 Å². The number of halogens is 1. The van der Waals surface area contributed by atoms with Crippen molar-refractivity contribution in [2.24, 2.45) is 0 Å². The molecular formula is C18H12ClNO5. The summed E-state index contributed by atoms with van der Waals surface area (Å²) in [7, 11) is 0. The number of aliphatic carboxylic acids is 1.